The van der Waals surface area contributed by atoms with Crippen LogP contribution in [0.2, 0.25) is 0 Å². The maximum atomic E-state index is 12.8. The second-order valence-corrected chi connectivity index (χ2v) is 8.45. The van der Waals surface area contributed by atoms with Crippen molar-refractivity contribution in [3.8, 4) is 11.5 Å². The lowest BCUT2D eigenvalue weighted by Gasteiger charge is -2.17. The molecule has 9 heteroatoms. The van der Waals surface area contributed by atoms with Gasteiger partial charge < -0.3 is 24.8 Å². The molecule has 1 aliphatic carbocycles. The molecule has 0 saturated heterocycles. The Morgan fingerprint density at radius 3 is 2.19 bits per heavy atom. The summed E-state index contributed by atoms with van der Waals surface area (Å²) in [4.78, 5) is 34.2. The number of carbonyl (C=O) groups is 2. The molecular weight excluding hydrogens is 460 g/mol. The van der Waals surface area contributed by atoms with Crippen molar-refractivity contribution in [2.24, 2.45) is 0 Å². The van der Waals surface area contributed by atoms with Gasteiger partial charge >= 0.3 is 0 Å². The third kappa shape index (κ3) is 5.52. The largest absolute Gasteiger partial charge is 0.493 e. The zero-order valence-corrected chi connectivity index (χ0v) is 20.6. The Morgan fingerprint density at radius 1 is 0.861 bits per heavy atom. The highest BCUT2D eigenvalue weighted by Gasteiger charge is 2.22. The van der Waals surface area contributed by atoms with E-state index in [1.165, 1.54) is 31.2 Å². The molecule has 0 amide bonds. The molecule has 0 atom stereocenters. The minimum Gasteiger partial charge on any atom is -0.493 e. The van der Waals surface area contributed by atoms with Crippen molar-refractivity contribution < 1.29 is 23.8 Å². The van der Waals surface area contributed by atoms with Crippen molar-refractivity contribution in [2.75, 3.05) is 38.1 Å². The number of carbonyl (C=O) groups excluding carboxylic acids is 2. The Hall–Kier alpha value is -4.24. The molecule has 0 saturated carbocycles. The van der Waals surface area contributed by atoms with Gasteiger partial charge in [-0.3, -0.25) is 9.59 Å². The molecule has 1 aliphatic rings. The van der Waals surface area contributed by atoms with E-state index in [2.05, 4.69) is 34.4 Å². The molecule has 3 aromatic rings. The molecule has 1 heterocycles. The average Bonchev–Trinajstić information content (AvgIpc) is 2.87. The van der Waals surface area contributed by atoms with Gasteiger partial charge in [0.15, 0.2) is 11.5 Å². The van der Waals surface area contributed by atoms with Crippen LogP contribution in [0, 0.1) is 0 Å². The fourth-order valence-electron chi connectivity index (χ4n) is 3.66. The third-order valence-corrected chi connectivity index (χ3v) is 5.66. The summed E-state index contributed by atoms with van der Waals surface area (Å²) >= 11 is 0. The minimum absolute atomic E-state index is 0.111. The van der Waals surface area contributed by atoms with Crippen LogP contribution < -0.4 is 20.1 Å². The molecule has 4 rings (SSSR count). The molecule has 186 valence electrons. The molecule has 0 aliphatic heterocycles. The maximum Gasteiger partial charge on any atom is 0.204 e. The summed E-state index contributed by atoms with van der Waals surface area (Å²) in [5.74, 6) is 1.08. The summed E-state index contributed by atoms with van der Waals surface area (Å²) in [7, 11) is 3.12. The van der Waals surface area contributed by atoms with Crippen LogP contribution in [0.4, 0.5) is 11.5 Å². The van der Waals surface area contributed by atoms with E-state index in [4.69, 9.17) is 14.2 Å². The van der Waals surface area contributed by atoms with Crippen molar-refractivity contribution >= 4 is 34.0 Å². The minimum atomic E-state index is -0.353. The Bertz CT molecular complexity index is 1350. The van der Waals surface area contributed by atoms with Gasteiger partial charge in [0.1, 0.15) is 18.8 Å². The van der Waals surface area contributed by atoms with E-state index in [0.29, 0.717) is 47.4 Å². The number of nitrogens with zero attached hydrogens (tertiary/aromatic N) is 2. The topological polar surface area (TPSA) is 112 Å². The zero-order chi connectivity index (χ0) is 25.7. The van der Waals surface area contributed by atoms with E-state index in [-0.39, 0.29) is 23.0 Å². The molecule has 2 N–H and O–H groups in total. The molecular formula is C27H28N4O5. The number of ketones is 2. The number of rotatable bonds is 10. The quantitative estimate of drug-likeness (QED) is 0.320. The molecule has 1 aromatic heterocycles. The highest BCUT2D eigenvalue weighted by molar-refractivity contribution is 6.22. The lowest BCUT2D eigenvalue weighted by Crippen LogP contribution is -2.22. The smallest absolute Gasteiger partial charge is 0.204 e. The van der Waals surface area contributed by atoms with Gasteiger partial charge in [-0.15, -0.1) is 0 Å². The standard InChI is InChI=1S/C27H28N4O5/c1-16(2)17-5-7-18(8-6-17)30-21-12-24(33)22(13-23(21)32)31-27-19-11-25(35-4)26(36-10-9-34-3)14-20(19)28-15-29-27/h5-8,11-16,30H,9-10H2,1-4H3,(H,28,29,31). The second-order valence-electron chi connectivity index (χ2n) is 8.45. The van der Waals surface area contributed by atoms with Crippen LogP contribution >= 0.6 is 0 Å². The molecule has 0 unspecified atom stereocenters. The van der Waals surface area contributed by atoms with Gasteiger partial charge in [0.25, 0.3) is 0 Å². The van der Waals surface area contributed by atoms with Crippen molar-refractivity contribution in [2.45, 2.75) is 19.8 Å². The van der Waals surface area contributed by atoms with E-state index < -0.39 is 0 Å². The average molecular weight is 489 g/mol. The Balaban J connectivity index is 1.54. The number of anilines is 2. The molecule has 2 aromatic carbocycles. The van der Waals surface area contributed by atoms with Crippen LogP contribution in [0.15, 0.2) is 66.3 Å². The summed E-state index contributed by atoms with van der Waals surface area (Å²) < 4.78 is 16.2. The molecule has 0 bridgehead atoms. The van der Waals surface area contributed by atoms with Crippen LogP contribution in [0.25, 0.3) is 10.9 Å². The number of nitrogens with one attached hydrogen (secondary N) is 2. The van der Waals surface area contributed by atoms with Gasteiger partial charge in [0, 0.05) is 36.4 Å². The summed E-state index contributed by atoms with van der Waals surface area (Å²) in [6.07, 6.45) is 3.92. The SMILES string of the molecule is COCCOc1cc2ncnc(NC3=CC(=O)C(Nc4ccc(C(C)C)cc4)=CC3=O)c2cc1OC. The normalized spacial score (nSPS) is 13.5. The predicted molar refractivity (Wildman–Crippen MR) is 137 cm³/mol. The number of benzene rings is 2. The van der Waals surface area contributed by atoms with E-state index in [9.17, 15) is 9.59 Å². The third-order valence-electron chi connectivity index (χ3n) is 5.66. The highest BCUT2D eigenvalue weighted by atomic mass is 16.5. The Labute approximate surface area is 209 Å². The summed E-state index contributed by atoms with van der Waals surface area (Å²) in [6.45, 7) is 5.00. The Kier molecular flexibility index (Phi) is 7.60. The zero-order valence-electron chi connectivity index (χ0n) is 20.6. The summed E-state index contributed by atoms with van der Waals surface area (Å²) in [5, 5.41) is 6.62. The van der Waals surface area contributed by atoms with Gasteiger partial charge in [-0.05, 0) is 29.7 Å². The monoisotopic (exact) mass is 488 g/mol. The number of methoxy groups -OCH3 is 2. The van der Waals surface area contributed by atoms with Crippen LogP contribution in [0.1, 0.15) is 25.3 Å². The van der Waals surface area contributed by atoms with Crippen molar-refractivity contribution in [1.82, 2.24) is 9.97 Å². The van der Waals surface area contributed by atoms with Crippen molar-refractivity contribution in [1.29, 1.82) is 0 Å². The van der Waals surface area contributed by atoms with Crippen LogP contribution in [0.5, 0.6) is 11.5 Å². The van der Waals surface area contributed by atoms with Gasteiger partial charge in [0.2, 0.25) is 11.6 Å². The fraction of sp³-hybridized carbons (Fsp3) is 0.259. The van der Waals surface area contributed by atoms with E-state index in [0.717, 1.165) is 5.69 Å². The Morgan fingerprint density at radius 2 is 1.56 bits per heavy atom. The molecule has 0 radical (unpaired) electrons. The molecule has 9 nitrogen and oxygen atoms in total. The number of aromatic nitrogens is 2. The molecule has 0 fully saturated rings. The first kappa shape index (κ1) is 24.9. The lowest BCUT2D eigenvalue weighted by molar-refractivity contribution is -0.115. The molecule has 36 heavy (non-hydrogen) atoms. The number of hydrogen-bond donors (Lipinski definition) is 2. The van der Waals surface area contributed by atoms with Crippen molar-refractivity contribution in [3.05, 3.63) is 71.8 Å². The van der Waals surface area contributed by atoms with E-state index in [1.54, 1.807) is 19.2 Å². The number of hydrogen-bond acceptors (Lipinski definition) is 9. The summed E-state index contributed by atoms with van der Waals surface area (Å²) in [6, 6.07) is 11.2. The summed E-state index contributed by atoms with van der Waals surface area (Å²) in [5.41, 5.74) is 2.82. The van der Waals surface area contributed by atoms with Crippen LogP contribution in [-0.4, -0.2) is 49.0 Å². The van der Waals surface area contributed by atoms with Gasteiger partial charge in [-0.1, -0.05) is 26.0 Å². The van der Waals surface area contributed by atoms with Crippen LogP contribution in [-0.2, 0) is 14.3 Å². The lowest BCUT2D eigenvalue weighted by atomic mass is 10.0. The van der Waals surface area contributed by atoms with Gasteiger partial charge in [-0.2, -0.15) is 0 Å². The van der Waals surface area contributed by atoms with Crippen LogP contribution in [0.3, 0.4) is 0 Å². The van der Waals surface area contributed by atoms with E-state index in [1.807, 2.05) is 24.3 Å². The highest BCUT2D eigenvalue weighted by Crippen LogP contribution is 2.34. The predicted octanol–water partition coefficient (Wildman–Crippen LogP) is 4.23. The number of ether oxygens (including phenoxy) is 3. The second kappa shape index (κ2) is 11.0. The van der Waals surface area contributed by atoms with Gasteiger partial charge in [0.05, 0.1) is 30.6 Å². The first-order valence-electron chi connectivity index (χ1n) is 11.5. The van der Waals surface area contributed by atoms with E-state index >= 15 is 0 Å². The number of fused-ring (bicyclic) bond motifs is 1. The first-order valence-corrected chi connectivity index (χ1v) is 11.5. The number of allylic oxidation sites excluding steroid dienone is 2. The van der Waals surface area contributed by atoms with Gasteiger partial charge in [-0.25, -0.2) is 9.97 Å². The fourth-order valence-corrected chi connectivity index (χ4v) is 3.66. The first-order chi connectivity index (χ1) is 17.4. The van der Waals surface area contributed by atoms with Crippen molar-refractivity contribution in [3.63, 3.8) is 0 Å². The maximum absolute atomic E-state index is 12.8. The molecule has 0 spiro atoms.